The van der Waals surface area contributed by atoms with Gasteiger partial charge in [0.2, 0.25) is 0 Å². The highest BCUT2D eigenvalue weighted by molar-refractivity contribution is 6.30. The van der Waals surface area contributed by atoms with Gasteiger partial charge in [0.05, 0.1) is 5.69 Å². The van der Waals surface area contributed by atoms with Gasteiger partial charge in [-0.2, -0.15) is 9.36 Å². The van der Waals surface area contributed by atoms with Gasteiger partial charge in [-0.3, -0.25) is 0 Å². The topological polar surface area (TPSA) is 61.9 Å². The molecular formula is C19H19ClN4O2. The van der Waals surface area contributed by atoms with Crippen LogP contribution in [0.2, 0.25) is 5.02 Å². The van der Waals surface area contributed by atoms with E-state index in [1.54, 1.807) is 13.1 Å². The Hall–Kier alpha value is -2.86. The molecule has 0 saturated heterocycles. The standard InChI is InChI=1S/C19H19ClN4O2/c1-4-6-14-7-5-8-17(24-19(25)23(3)21-22-24)16(14)12-26-18-11-15(20)10-9-13(18)2/h4-11H,12H2,1-3H3/b6-4+. The fourth-order valence-electron chi connectivity index (χ4n) is 2.63. The van der Waals surface area contributed by atoms with Gasteiger partial charge in [-0.25, -0.2) is 4.79 Å². The van der Waals surface area contributed by atoms with Crippen LogP contribution in [0, 0.1) is 6.92 Å². The molecule has 7 heteroatoms. The smallest absolute Gasteiger partial charge is 0.368 e. The molecule has 0 saturated carbocycles. The van der Waals surface area contributed by atoms with Crippen molar-refractivity contribution in [2.45, 2.75) is 20.5 Å². The number of halogens is 1. The van der Waals surface area contributed by atoms with Crippen molar-refractivity contribution < 1.29 is 4.74 Å². The first-order valence-electron chi connectivity index (χ1n) is 8.14. The minimum absolute atomic E-state index is 0.264. The van der Waals surface area contributed by atoms with Crippen molar-refractivity contribution in [1.82, 2.24) is 19.8 Å². The maximum Gasteiger partial charge on any atom is 0.368 e. The van der Waals surface area contributed by atoms with Crippen LogP contribution < -0.4 is 10.4 Å². The lowest BCUT2D eigenvalue weighted by molar-refractivity contribution is 0.303. The molecule has 0 unspecified atom stereocenters. The maximum atomic E-state index is 12.3. The quantitative estimate of drug-likeness (QED) is 0.689. The summed E-state index contributed by atoms with van der Waals surface area (Å²) in [5, 5.41) is 8.35. The molecular weight excluding hydrogens is 352 g/mol. The van der Waals surface area contributed by atoms with Crippen LogP contribution in [0.15, 0.2) is 47.3 Å². The van der Waals surface area contributed by atoms with Crippen molar-refractivity contribution in [3.8, 4) is 11.4 Å². The van der Waals surface area contributed by atoms with Crippen LogP contribution in [0.4, 0.5) is 0 Å². The molecule has 0 bridgehead atoms. The van der Waals surface area contributed by atoms with E-state index < -0.39 is 0 Å². The van der Waals surface area contributed by atoms with Gasteiger partial charge in [0.1, 0.15) is 12.4 Å². The van der Waals surface area contributed by atoms with Crippen molar-refractivity contribution in [3.05, 3.63) is 74.7 Å². The van der Waals surface area contributed by atoms with Crippen LogP contribution in [0.5, 0.6) is 5.75 Å². The van der Waals surface area contributed by atoms with E-state index in [1.807, 2.05) is 56.3 Å². The summed E-state index contributed by atoms with van der Waals surface area (Å²) < 4.78 is 8.47. The van der Waals surface area contributed by atoms with Crippen LogP contribution in [0.25, 0.3) is 11.8 Å². The van der Waals surface area contributed by atoms with E-state index in [0.29, 0.717) is 16.5 Å². The summed E-state index contributed by atoms with van der Waals surface area (Å²) in [6, 6.07) is 11.2. The SMILES string of the molecule is C/C=C/c1cccc(-n2nnn(C)c2=O)c1COc1cc(Cl)ccc1C. The fraction of sp³-hybridized carbons (Fsp3) is 0.211. The van der Waals surface area contributed by atoms with E-state index >= 15 is 0 Å². The zero-order valence-corrected chi connectivity index (χ0v) is 15.6. The van der Waals surface area contributed by atoms with Crippen molar-refractivity contribution in [2.75, 3.05) is 0 Å². The summed E-state index contributed by atoms with van der Waals surface area (Å²) >= 11 is 6.07. The molecule has 26 heavy (non-hydrogen) atoms. The summed E-state index contributed by atoms with van der Waals surface area (Å²) in [6.45, 7) is 4.16. The monoisotopic (exact) mass is 370 g/mol. The first kappa shape index (κ1) is 17.9. The summed E-state index contributed by atoms with van der Waals surface area (Å²) in [7, 11) is 1.56. The molecule has 0 amide bonds. The highest BCUT2D eigenvalue weighted by Crippen LogP contribution is 2.26. The number of rotatable bonds is 5. The largest absolute Gasteiger partial charge is 0.488 e. The van der Waals surface area contributed by atoms with Crippen LogP contribution in [0.1, 0.15) is 23.6 Å². The fourth-order valence-corrected chi connectivity index (χ4v) is 2.79. The number of nitrogens with zero attached hydrogens (tertiary/aromatic N) is 4. The van der Waals surface area contributed by atoms with Crippen molar-refractivity contribution in [2.24, 2.45) is 7.05 Å². The molecule has 2 aromatic carbocycles. The van der Waals surface area contributed by atoms with Crippen LogP contribution in [0.3, 0.4) is 0 Å². The zero-order chi connectivity index (χ0) is 18.7. The molecule has 3 aromatic rings. The van der Waals surface area contributed by atoms with Gasteiger partial charge in [0, 0.05) is 17.6 Å². The van der Waals surface area contributed by atoms with Crippen LogP contribution >= 0.6 is 11.6 Å². The molecule has 0 fully saturated rings. The molecule has 0 aliphatic carbocycles. The van der Waals surface area contributed by atoms with E-state index in [-0.39, 0.29) is 12.3 Å². The lowest BCUT2D eigenvalue weighted by Gasteiger charge is -2.14. The highest BCUT2D eigenvalue weighted by Gasteiger charge is 2.14. The summed E-state index contributed by atoms with van der Waals surface area (Å²) in [4.78, 5) is 12.3. The Kier molecular flexibility index (Phi) is 5.23. The number of hydrogen-bond acceptors (Lipinski definition) is 4. The average Bonchev–Trinajstić information content (AvgIpc) is 2.95. The molecule has 0 atom stereocenters. The molecule has 0 spiro atoms. The first-order chi connectivity index (χ1) is 12.5. The third-order valence-corrected chi connectivity index (χ3v) is 4.24. The molecule has 6 nitrogen and oxygen atoms in total. The van der Waals surface area contributed by atoms with E-state index in [2.05, 4.69) is 10.4 Å². The second-order valence-corrected chi connectivity index (χ2v) is 6.28. The summed E-state index contributed by atoms with van der Waals surface area (Å²) in [5.74, 6) is 0.699. The number of aromatic nitrogens is 4. The Morgan fingerprint density at radius 2 is 2.04 bits per heavy atom. The first-order valence-corrected chi connectivity index (χ1v) is 8.52. The molecule has 3 rings (SSSR count). The summed E-state index contributed by atoms with van der Waals surface area (Å²) in [5.41, 5.74) is 3.09. The molecule has 0 aliphatic rings. The van der Waals surface area contributed by atoms with E-state index in [9.17, 15) is 4.79 Å². The molecule has 134 valence electrons. The lowest BCUT2D eigenvalue weighted by Crippen LogP contribution is -2.23. The second-order valence-electron chi connectivity index (χ2n) is 5.84. The molecule has 1 aromatic heterocycles. The molecule has 0 aliphatic heterocycles. The number of benzene rings is 2. The van der Waals surface area contributed by atoms with Gasteiger partial charge in [0.15, 0.2) is 0 Å². The van der Waals surface area contributed by atoms with E-state index in [4.69, 9.17) is 16.3 Å². The Morgan fingerprint density at radius 1 is 1.23 bits per heavy atom. The van der Waals surface area contributed by atoms with E-state index in [1.165, 1.54) is 9.36 Å². The maximum absolute atomic E-state index is 12.3. The van der Waals surface area contributed by atoms with Crippen molar-refractivity contribution in [3.63, 3.8) is 0 Å². The summed E-state index contributed by atoms with van der Waals surface area (Å²) in [6.07, 6.45) is 3.90. The van der Waals surface area contributed by atoms with Crippen molar-refractivity contribution in [1.29, 1.82) is 0 Å². The van der Waals surface area contributed by atoms with Gasteiger partial charge >= 0.3 is 5.69 Å². The zero-order valence-electron chi connectivity index (χ0n) is 14.8. The van der Waals surface area contributed by atoms with Gasteiger partial charge in [-0.15, -0.1) is 0 Å². The Balaban J connectivity index is 2.05. The number of ether oxygens (including phenoxy) is 1. The lowest BCUT2D eigenvalue weighted by atomic mass is 10.1. The van der Waals surface area contributed by atoms with Gasteiger partial charge < -0.3 is 4.74 Å². The number of tetrazole rings is 1. The molecule has 0 radical (unpaired) electrons. The van der Waals surface area contributed by atoms with Gasteiger partial charge in [-0.1, -0.05) is 42.0 Å². The predicted octanol–water partition coefficient (Wildman–Crippen LogP) is 3.54. The number of aryl methyl sites for hydroxylation is 2. The molecule has 1 heterocycles. The van der Waals surface area contributed by atoms with Crippen LogP contribution in [-0.2, 0) is 13.7 Å². The van der Waals surface area contributed by atoms with E-state index in [0.717, 1.165) is 16.7 Å². The Bertz CT molecular complexity index is 1020. The second kappa shape index (κ2) is 7.58. The van der Waals surface area contributed by atoms with Crippen LogP contribution in [-0.4, -0.2) is 19.8 Å². The van der Waals surface area contributed by atoms with Gasteiger partial charge in [0.25, 0.3) is 0 Å². The Morgan fingerprint density at radius 3 is 2.73 bits per heavy atom. The minimum Gasteiger partial charge on any atom is -0.488 e. The van der Waals surface area contributed by atoms with Gasteiger partial charge in [-0.05, 0) is 53.6 Å². The minimum atomic E-state index is -0.317. The third kappa shape index (κ3) is 3.55. The number of allylic oxidation sites excluding steroid dienone is 1. The Labute approximate surface area is 156 Å². The normalized spacial score (nSPS) is 11.2. The average molecular weight is 371 g/mol. The number of hydrogen-bond donors (Lipinski definition) is 0. The molecule has 0 N–H and O–H groups in total. The predicted molar refractivity (Wildman–Crippen MR) is 102 cm³/mol. The highest BCUT2D eigenvalue weighted by atomic mass is 35.5. The van der Waals surface area contributed by atoms with Crippen molar-refractivity contribution >= 4 is 17.7 Å². The third-order valence-electron chi connectivity index (χ3n) is 4.01.